The zero-order valence-corrected chi connectivity index (χ0v) is 12.9. The molecule has 1 fully saturated rings. The van der Waals surface area contributed by atoms with Crippen molar-refractivity contribution in [3.63, 3.8) is 0 Å². The van der Waals surface area contributed by atoms with E-state index in [2.05, 4.69) is 5.32 Å². The first-order valence-electron chi connectivity index (χ1n) is 6.76. The molecule has 5 nitrogen and oxygen atoms in total. The highest BCUT2D eigenvalue weighted by Crippen LogP contribution is 2.38. The van der Waals surface area contributed by atoms with Crippen LogP contribution in [0.3, 0.4) is 0 Å². The maximum Gasteiger partial charge on any atom is 0.238 e. The molecule has 1 aromatic carbocycles. The zero-order chi connectivity index (χ0) is 14.8. The van der Waals surface area contributed by atoms with E-state index in [1.165, 1.54) is 11.8 Å². The number of rotatable bonds is 2. The Morgan fingerprint density at radius 3 is 2.95 bits per heavy atom. The van der Waals surface area contributed by atoms with Gasteiger partial charge in [0.15, 0.2) is 0 Å². The summed E-state index contributed by atoms with van der Waals surface area (Å²) in [4.78, 5) is 27.1. The molecule has 0 aliphatic carbocycles. The highest BCUT2D eigenvalue weighted by Gasteiger charge is 2.31. The molecule has 0 aromatic heterocycles. The molecule has 0 bridgehead atoms. The molecule has 2 amide bonds. The molecule has 1 aromatic rings. The van der Waals surface area contributed by atoms with Crippen LogP contribution in [0.2, 0.25) is 5.02 Å². The van der Waals surface area contributed by atoms with Gasteiger partial charge in [0.25, 0.3) is 0 Å². The first kappa shape index (κ1) is 14.7. The maximum absolute atomic E-state index is 12.2. The van der Waals surface area contributed by atoms with Crippen LogP contribution in [0, 0.1) is 0 Å². The summed E-state index contributed by atoms with van der Waals surface area (Å²) in [5.74, 6) is -0.139. The topological polar surface area (TPSA) is 58.6 Å². The lowest BCUT2D eigenvalue weighted by molar-refractivity contribution is -0.136. The fourth-order valence-corrected chi connectivity index (χ4v) is 3.61. The Bertz CT molecular complexity index is 575. The van der Waals surface area contributed by atoms with Crippen LogP contribution in [-0.4, -0.2) is 48.3 Å². The van der Waals surface area contributed by atoms with Crippen LogP contribution < -0.4 is 5.32 Å². The number of halogens is 1. The number of amides is 2. The molecule has 0 spiro atoms. The van der Waals surface area contributed by atoms with E-state index in [0.29, 0.717) is 37.0 Å². The summed E-state index contributed by atoms with van der Waals surface area (Å²) in [5.41, 5.74) is 0.715. The monoisotopic (exact) mass is 326 g/mol. The van der Waals surface area contributed by atoms with Crippen molar-refractivity contribution in [2.75, 3.05) is 31.6 Å². The first-order chi connectivity index (χ1) is 10.1. The molecule has 2 aliphatic rings. The van der Waals surface area contributed by atoms with Gasteiger partial charge in [0.05, 0.1) is 24.2 Å². The summed E-state index contributed by atoms with van der Waals surface area (Å²) in [7, 11) is 0. The second kappa shape index (κ2) is 6.25. The predicted molar refractivity (Wildman–Crippen MR) is 81.7 cm³/mol. The number of fused-ring (bicyclic) bond motifs is 1. The molecule has 112 valence electrons. The summed E-state index contributed by atoms with van der Waals surface area (Å²) < 4.78 is 5.23. The van der Waals surface area contributed by atoms with Gasteiger partial charge in [-0.1, -0.05) is 11.6 Å². The number of nitrogens with zero attached hydrogens (tertiary/aromatic N) is 1. The Hall–Kier alpha value is -1.24. The van der Waals surface area contributed by atoms with Gasteiger partial charge in [-0.25, -0.2) is 0 Å². The van der Waals surface area contributed by atoms with Gasteiger partial charge in [0.2, 0.25) is 11.8 Å². The molecule has 0 saturated carbocycles. The van der Waals surface area contributed by atoms with E-state index in [-0.39, 0.29) is 18.2 Å². The van der Waals surface area contributed by atoms with Crippen molar-refractivity contribution in [3.8, 4) is 0 Å². The van der Waals surface area contributed by atoms with Gasteiger partial charge in [-0.05, 0) is 18.2 Å². The molecule has 2 aliphatic heterocycles. The third kappa shape index (κ3) is 3.33. The Labute approximate surface area is 132 Å². The van der Waals surface area contributed by atoms with Crippen molar-refractivity contribution in [2.24, 2.45) is 0 Å². The largest absolute Gasteiger partial charge is 0.378 e. The molecule has 0 unspecified atom stereocenters. The van der Waals surface area contributed by atoms with E-state index in [1.807, 2.05) is 6.07 Å². The number of hydrogen-bond acceptors (Lipinski definition) is 4. The fourth-order valence-electron chi connectivity index (χ4n) is 2.36. The molecule has 3 rings (SSSR count). The predicted octanol–water partition coefficient (Wildman–Crippen LogP) is 2.00. The molecule has 1 atom stereocenters. The zero-order valence-electron chi connectivity index (χ0n) is 11.3. The third-order valence-electron chi connectivity index (χ3n) is 3.48. The molecule has 1 saturated heterocycles. The Kier molecular flexibility index (Phi) is 4.37. The molecule has 7 heteroatoms. The van der Waals surface area contributed by atoms with Crippen molar-refractivity contribution < 1.29 is 14.3 Å². The van der Waals surface area contributed by atoms with Crippen LogP contribution >= 0.6 is 23.4 Å². The number of anilines is 1. The van der Waals surface area contributed by atoms with Gasteiger partial charge < -0.3 is 15.0 Å². The minimum Gasteiger partial charge on any atom is -0.378 e. The SMILES string of the molecule is O=C1Nc2cc(Cl)ccc2S[C@@H]1CC(=O)N1CCOCC1. The van der Waals surface area contributed by atoms with Crippen LogP contribution in [0.1, 0.15) is 6.42 Å². The van der Waals surface area contributed by atoms with E-state index in [9.17, 15) is 9.59 Å². The van der Waals surface area contributed by atoms with Gasteiger partial charge in [0, 0.05) is 29.4 Å². The van der Waals surface area contributed by atoms with Crippen molar-refractivity contribution >= 4 is 40.9 Å². The second-order valence-corrected chi connectivity index (χ2v) is 6.61. The molecule has 2 heterocycles. The Morgan fingerprint density at radius 1 is 1.43 bits per heavy atom. The van der Waals surface area contributed by atoms with E-state index in [4.69, 9.17) is 16.3 Å². The van der Waals surface area contributed by atoms with E-state index >= 15 is 0 Å². The summed E-state index contributed by atoms with van der Waals surface area (Å²) in [5, 5.41) is 3.01. The van der Waals surface area contributed by atoms with Gasteiger partial charge >= 0.3 is 0 Å². The average molecular weight is 327 g/mol. The normalized spacial score (nSPS) is 21.7. The fraction of sp³-hybridized carbons (Fsp3) is 0.429. The lowest BCUT2D eigenvalue weighted by Gasteiger charge is -2.29. The number of benzene rings is 1. The lowest BCUT2D eigenvalue weighted by Crippen LogP contribution is -2.43. The van der Waals surface area contributed by atoms with Gasteiger partial charge in [-0.3, -0.25) is 9.59 Å². The standard InChI is InChI=1S/C14H15ClN2O3S/c15-9-1-2-11-10(7-9)16-14(19)12(21-11)8-13(18)17-3-5-20-6-4-17/h1-2,7,12H,3-6,8H2,(H,16,19)/t12-/m1/s1. The van der Waals surface area contributed by atoms with Crippen molar-refractivity contribution in [1.82, 2.24) is 4.90 Å². The maximum atomic E-state index is 12.2. The summed E-state index contributed by atoms with van der Waals surface area (Å²) in [6, 6.07) is 5.38. The first-order valence-corrected chi connectivity index (χ1v) is 8.02. The van der Waals surface area contributed by atoms with Gasteiger partial charge in [-0.15, -0.1) is 11.8 Å². The lowest BCUT2D eigenvalue weighted by atomic mass is 10.2. The molecular weight excluding hydrogens is 312 g/mol. The minimum absolute atomic E-state index is 0.00311. The number of carbonyl (C=O) groups is 2. The van der Waals surface area contributed by atoms with Gasteiger partial charge in [-0.2, -0.15) is 0 Å². The van der Waals surface area contributed by atoms with Crippen LogP contribution in [0.4, 0.5) is 5.69 Å². The number of carbonyl (C=O) groups excluding carboxylic acids is 2. The van der Waals surface area contributed by atoms with Crippen LogP contribution in [0.5, 0.6) is 0 Å². The van der Waals surface area contributed by atoms with Gasteiger partial charge in [0.1, 0.15) is 0 Å². The molecule has 21 heavy (non-hydrogen) atoms. The number of morpholine rings is 1. The summed E-state index contributed by atoms with van der Waals surface area (Å²) in [6.07, 6.45) is 0.207. The van der Waals surface area contributed by atoms with E-state index in [1.54, 1.807) is 17.0 Å². The van der Waals surface area contributed by atoms with Crippen LogP contribution in [0.15, 0.2) is 23.1 Å². The Morgan fingerprint density at radius 2 is 2.19 bits per heavy atom. The quantitative estimate of drug-likeness (QED) is 0.903. The number of ether oxygens (including phenoxy) is 1. The molecule has 1 N–H and O–H groups in total. The van der Waals surface area contributed by atoms with Crippen LogP contribution in [0.25, 0.3) is 0 Å². The van der Waals surface area contributed by atoms with Crippen molar-refractivity contribution in [2.45, 2.75) is 16.6 Å². The molecular formula is C14H15ClN2O3S. The Balaban J connectivity index is 1.67. The van der Waals surface area contributed by atoms with Crippen molar-refractivity contribution in [1.29, 1.82) is 0 Å². The minimum atomic E-state index is -0.394. The van der Waals surface area contributed by atoms with Crippen LogP contribution in [-0.2, 0) is 14.3 Å². The number of nitrogens with one attached hydrogen (secondary N) is 1. The van der Waals surface area contributed by atoms with Crippen molar-refractivity contribution in [3.05, 3.63) is 23.2 Å². The summed E-state index contributed by atoms with van der Waals surface area (Å²) >= 11 is 7.33. The number of thioether (sulfide) groups is 1. The van der Waals surface area contributed by atoms with E-state index in [0.717, 1.165) is 4.90 Å². The smallest absolute Gasteiger partial charge is 0.238 e. The average Bonchev–Trinajstić information content (AvgIpc) is 2.49. The third-order valence-corrected chi connectivity index (χ3v) is 5.00. The summed E-state index contributed by atoms with van der Waals surface area (Å²) in [6.45, 7) is 2.34. The second-order valence-electron chi connectivity index (χ2n) is 4.93. The van der Waals surface area contributed by atoms with E-state index < -0.39 is 5.25 Å². The molecule has 0 radical (unpaired) electrons. The highest BCUT2D eigenvalue weighted by molar-refractivity contribution is 8.01. The number of hydrogen-bond donors (Lipinski definition) is 1. The highest BCUT2D eigenvalue weighted by atomic mass is 35.5.